The van der Waals surface area contributed by atoms with Crippen LogP contribution >= 0.6 is 0 Å². The van der Waals surface area contributed by atoms with Gasteiger partial charge in [-0.15, -0.1) is 0 Å². The van der Waals surface area contributed by atoms with Gasteiger partial charge in [-0.25, -0.2) is 0 Å². The molecule has 0 saturated heterocycles. The first kappa shape index (κ1) is 17.6. The molecule has 2 aromatic carbocycles. The van der Waals surface area contributed by atoms with Crippen LogP contribution in [0.3, 0.4) is 0 Å². The van der Waals surface area contributed by atoms with Crippen molar-refractivity contribution in [3.63, 3.8) is 0 Å². The van der Waals surface area contributed by atoms with Crippen LogP contribution in [0.1, 0.15) is 37.5 Å². The van der Waals surface area contributed by atoms with Crippen LogP contribution in [0.4, 0.5) is 0 Å². The average Bonchev–Trinajstić information content (AvgIpc) is 2.58. The zero-order valence-electron chi connectivity index (χ0n) is 14.5. The molecule has 0 aromatic heterocycles. The van der Waals surface area contributed by atoms with Crippen LogP contribution in [-0.2, 0) is 16.9 Å². The third-order valence-electron chi connectivity index (χ3n) is 3.66. The van der Waals surface area contributed by atoms with Gasteiger partial charge in [-0.2, -0.15) is 5.26 Å². The molecule has 0 radical (unpaired) electrons. The molecule has 2 aromatic rings. The van der Waals surface area contributed by atoms with Gasteiger partial charge in [0, 0.05) is 5.56 Å². The van der Waals surface area contributed by atoms with Crippen molar-refractivity contribution in [2.75, 3.05) is 7.11 Å². The molecule has 24 heavy (non-hydrogen) atoms. The minimum absolute atomic E-state index is 0.0659. The normalized spacial score (nSPS) is 11.7. The van der Waals surface area contributed by atoms with Crippen LogP contribution in [-0.4, -0.2) is 12.8 Å². The lowest BCUT2D eigenvalue weighted by Gasteiger charge is -2.20. The van der Waals surface area contributed by atoms with Crippen LogP contribution < -0.4 is 4.74 Å². The van der Waals surface area contributed by atoms with Gasteiger partial charge < -0.3 is 9.57 Å². The van der Waals surface area contributed by atoms with Gasteiger partial charge in [0.1, 0.15) is 25.5 Å². The van der Waals surface area contributed by atoms with Crippen LogP contribution in [0, 0.1) is 11.3 Å². The Balaban J connectivity index is 2.22. The fourth-order valence-electron chi connectivity index (χ4n) is 2.31. The number of hydrogen-bond donors (Lipinski definition) is 0. The summed E-state index contributed by atoms with van der Waals surface area (Å²) in [5.74, 6) is 0.805. The number of nitriles is 1. The summed E-state index contributed by atoms with van der Waals surface area (Å²) in [4.78, 5) is 4.74. The van der Waals surface area contributed by atoms with Gasteiger partial charge in [-0.1, -0.05) is 62.3 Å². The van der Waals surface area contributed by atoms with Crippen molar-refractivity contribution in [1.29, 1.82) is 5.26 Å². The Morgan fingerprint density at radius 3 is 2.54 bits per heavy atom. The number of hydrogen-bond acceptors (Lipinski definition) is 4. The van der Waals surface area contributed by atoms with Crippen LogP contribution in [0.2, 0.25) is 0 Å². The van der Waals surface area contributed by atoms with Crippen LogP contribution in [0.25, 0.3) is 0 Å². The predicted molar refractivity (Wildman–Crippen MR) is 95.1 cm³/mol. The van der Waals surface area contributed by atoms with Crippen molar-refractivity contribution in [3.8, 4) is 11.8 Å². The number of oxime groups is 1. The Kier molecular flexibility index (Phi) is 5.59. The van der Waals surface area contributed by atoms with Gasteiger partial charge in [0.15, 0.2) is 5.71 Å². The second-order valence-corrected chi connectivity index (χ2v) is 6.46. The third kappa shape index (κ3) is 4.36. The molecule has 0 aliphatic carbocycles. The summed E-state index contributed by atoms with van der Waals surface area (Å²) in [6.45, 7) is 6.86. The summed E-state index contributed by atoms with van der Waals surface area (Å²) in [5, 5.41) is 13.0. The Labute approximate surface area is 143 Å². The molecule has 0 amide bonds. The van der Waals surface area contributed by atoms with Crippen molar-refractivity contribution in [2.24, 2.45) is 5.16 Å². The van der Waals surface area contributed by atoms with E-state index in [9.17, 15) is 5.26 Å². The summed E-state index contributed by atoms with van der Waals surface area (Å²) in [6, 6.07) is 17.7. The van der Waals surface area contributed by atoms with Gasteiger partial charge in [0.05, 0.1) is 0 Å². The lowest BCUT2D eigenvalue weighted by Crippen LogP contribution is -2.11. The maximum absolute atomic E-state index is 9.24. The van der Waals surface area contributed by atoms with Crippen LogP contribution in [0.15, 0.2) is 53.7 Å². The lowest BCUT2D eigenvalue weighted by atomic mass is 9.87. The maximum Gasteiger partial charge on any atom is 0.187 e. The van der Waals surface area contributed by atoms with Gasteiger partial charge >= 0.3 is 0 Å². The lowest BCUT2D eigenvalue weighted by molar-refractivity contribution is 0.214. The summed E-state index contributed by atoms with van der Waals surface area (Å²) < 4.78 is 5.94. The molecule has 0 N–H and O–H groups in total. The van der Waals surface area contributed by atoms with E-state index >= 15 is 0 Å². The van der Waals surface area contributed by atoms with E-state index in [0.29, 0.717) is 12.2 Å². The minimum atomic E-state index is 0.0659. The molecule has 4 nitrogen and oxygen atoms in total. The Hall–Kier alpha value is -2.80. The number of ether oxygens (including phenoxy) is 1. The van der Waals surface area contributed by atoms with E-state index in [1.165, 1.54) is 12.7 Å². The van der Waals surface area contributed by atoms with E-state index in [1.807, 2.05) is 36.4 Å². The molecular formula is C20H22N2O2. The molecule has 4 heteroatoms. The highest BCUT2D eigenvalue weighted by Gasteiger charge is 2.14. The Morgan fingerprint density at radius 1 is 1.12 bits per heavy atom. The molecule has 2 rings (SSSR count). The molecule has 0 fully saturated rings. The highest BCUT2D eigenvalue weighted by atomic mass is 16.6. The first-order valence-corrected chi connectivity index (χ1v) is 7.78. The Morgan fingerprint density at radius 2 is 1.88 bits per heavy atom. The summed E-state index contributed by atoms with van der Waals surface area (Å²) >= 11 is 0. The smallest absolute Gasteiger partial charge is 0.187 e. The molecule has 0 heterocycles. The van der Waals surface area contributed by atoms with Gasteiger partial charge in [0.25, 0.3) is 0 Å². The van der Waals surface area contributed by atoms with E-state index < -0.39 is 0 Å². The topological polar surface area (TPSA) is 54.6 Å². The SMILES string of the molecule is CO/N=C(/C#N)c1ccccc1COc1cccc(C(C)(C)C)c1. The van der Waals surface area contributed by atoms with Crippen molar-refractivity contribution < 1.29 is 9.57 Å². The first-order chi connectivity index (χ1) is 11.5. The molecule has 0 unspecified atom stereocenters. The van der Waals surface area contributed by atoms with Gasteiger partial charge in [-0.05, 0) is 28.7 Å². The Bertz CT molecular complexity index is 768. The molecular weight excluding hydrogens is 300 g/mol. The number of benzene rings is 2. The average molecular weight is 322 g/mol. The zero-order chi connectivity index (χ0) is 17.6. The quantitative estimate of drug-likeness (QED) is 0.604. The minimum Gasteiger partial charge on any atom is -0.489 e. The van der Waals surface area contributed by atoms with E-state index in [-0.39, 0.29) is 11.1 Å². The first-order valence-electron chi connectivity index (χ1n) is 7.78. The highest BCUT2D eigenvalue weighted by molar-refractivity contribution is 6.12. The fourth-order valence-corrected chi connectivity index (χ4v) is 2.31. The van der Waals surface area contributed by atoms with Crippen LogP contribution in [0.5, 0.6) is 5.75 Å². The predicted octanol–water partition coefficient (Wildman–Crippen LogP) is 4.44. The molecule has 0 spiro atoms. The van der Waals surface area contributed by atoms with Gasteiger partial charge in [-0.3, -0.25) is 0 Å². The molecule has 0 saturated carbocycles. The van der Waals surface area contributed by atoms with Crippen molar-refractivity contribution >= 4 is 5.71 Å². The third-order valence-corrected chi connectivity index (χ3v) is 3.66. The molecule has 0 atom stereocenters. The highest BCUT2D eigenvalue weighted by Crippen LogP contribution is 2.26. The van der Waals surface area contributed by atoms with E-state index in [2.05, 4.69) is 44.1 Å². The zero-order valence-corrected chi connectivity index (χ0v) is 14.5. The molecule has 124 valence electrons. The van der Waals surface area contributed by atoms with E-state index in [4.69, 9.17) is 9.57 Å². The fraction of sp³-hybridized carbons (Fsp3) is 0.300. The van der Waals surface area contributed by atoms with E-state index in [0.717, 1.165) is 11.3 Å². The molecule has 0 bridgehead atoms. The molecule has 0 aliphatic heterocycles. The van der Waals surface area contributed by atoms with E-state index in [1.54, 1.807) is 0 Å². The van der Waals surface area contributed by atoms with Gasteiger partial charge in [0.2, 0.25) is 0 Å². The molecule has 0 aliphatic rings. The number of nitrogens with zero attached hydrogens (tertiary/aromatic N) is 2. The summed E-state index contributed by atoms with van der Waals surface area (Å²) in [5.41, 5.74) is 3.12. The summed E-state index contributed by atoms with van der Waals surface area (Å²) in [6.07, 6.45) is 0. The summed E-state index contributed by atoms with van der Waals surface area (Å²) in [7, 11) is 1.43. The van der Waals surface area contributed by atoms with Crippen molar-refractivity contribution in [3.05, 3.63) is 65.2 Å². The van der Waals surface area contributed by atoms with Crippen molar-refractivity contribution in [2.45, 2.75) is 32.8 Å². The maximum atomic E-state index is 9.24. The monoisotopic (exact) mass is 322 g/mol. The largest absolute Gasteiger partial charge is 0.489 e. The second-order valence-electron chi connectivity index (χ2n) is 6.46. The second kappa shape index (κ2) is 7.65. The standard InChI is InChI=1S/C20H22N2O2/c1-20(2,3)16-9-7-10-17(12-16)24-14-15-8-5-6-11-18(15)19(13-21)22-23-4/h5-12H,14H2,1-4H3/b22-19-. The number of rotatable bonds is 5. The van der Waals surface area contributed by atoms with Crippen molar-refractivity contribution in [1.82, 2.24) is 0 Å².